The number of rotatable bonds is 6. The van der Waals surface area contributed by atoms with E-state index in [4.69, 9.17) is 21.1 Å². The maximum atomic E-state index is 13.0. The maximum Gasteiger partial charge on any atom is 0.339 e. The first-order chi connectivity index (χ1) is 15.4. The van der Waals surface area contributed by atoms with Crippen LogP contribution in [0.4, 0.5) is 0 Å². The summed E-state index contributed by atoms with van der Waals surface area (Å²) < 4.78 is 36.8. The second-order valence-corrected chi connectivity index (χ2v) is 9.95. The third-order valence-corrected chi connectivity index (χ3v) is 6.93. The summed E-state index contributed by atoms with van der Waals surface area (Å²) in [5, 5.41) is 6.35. The minimum Gasteiger partial charge on any atom is -0.493 e. The second kappa shape index (κ2) is 9.40. The predicted octanol–water partition coefficient (Wildman–Crippen LogP) is 2.82. The van der Waals surface area contributed by atoms with Crippen LogP contribution in [0.2, 0.25) is 0 Å². The van der Waals surface area contributed by atoms with Gasteiger partial charge in [0.15, 0.2) is 16.6 Å². The summed E-state index contributed by atoms with van der Waals surface area (Å²) in [5.41, 5.74) is 2.51. The monoisotopic (exact) mass is 489 g/mol. The first kappa shape index (κ1) is 24.5. The van der Waals surface area contributed by atoms with E-state index in [0.717, 1.165) is 5.56 Å². The average molecular weight is 490 g/mol. The van der Waals surface area contributed by atoms with Crippen molar-refractivity contribution in [3.8, 4) is 11.5 Å². The zero-order valence-electron chi connectivity index (χ0n) is 19.1. The lowest BCUT2D eigenvalue weighted by Crippen LogP contribution is -2.52. The fraction of sp³-hybridized carbons (Fsp3) is 0.304. The molecule has 2 N–H and O–H groups in total. The van der Waals surface area contributed by atoms with Crippen molar-refractivity contribution >= 4 is 33.4 Å². The van der Waals surface area contributed by atoms with Gasteiger partial charge in [0.25, 0.3) is 0 Å². The van der Waals surface area contributed by atoms with Gasteiger partial charge in [0, 0.05) is 19.8 Å². The molecule has 8 nitrogen and oxygen atoms in total. The molecule has 0 saturated carbocycles. The van der Waals surface area contributed by atoms with Crippen LogP contribution in [0.3, 0.4) is 0 Å². The Morgan fingerprint density at radius 2 is 1.82 bits per heavy atom. The van der Waals surface area contributed by atoms with Gasteiger partial charge in [-0.3, -0.25) is 4.79 Å². The van der Waals surface area contributed by atoms with Crippen molar-refractivity contribution < 1.29 is 22.1 Å². The number of nitrogens with one attached hydrogen (secondary N) is 2. The normalized spacial score (nSPS) is 18.2. The molecule has 0 spiro atoms. The highest BCUT2D eigenvalue weighted by molar-refractivity contribution is 7.87. The maximum absolute atomic E-state index is 13.0. The van der Waals surface area contributed by atoms with Crippen molar-refractivity contribution in [1.29, 1.82) is 0 Å². The van der Waals surface area contributed by atoms with E-state index >= 15 is 0 Å². The minimum absolute atomic E-state index is 0.0352. The Bertz CT molecular complexity index is 1220. The lowest BCUT2D eigenvalue weighted by Gasteiger charge is -2.36. The topological polar surface area (TPSA) is 97.0 Å². The number of carbonyl (C=O) groups is 1. The van der Waals surface area contributed by atoms with Crippen LogP contribution < -0.4 is 19.6 Å². The first-order valence-corrected chi connectivity index (χ1v) is 11.9. The Hall–Kier alpha value is -3.11. The zero-order chi connectivity index (χ0) is 24.5. The van der Waals surface area contributed by atoms with Crippen LogP contribution in [0.5, 0.6) is 11.5 Å². The summed E-state index contributed by atoms with van der Waals surface area (Å²) in [6, 6.07) is 9.40. The van der Waals surface area contributed by atoms with Gasteiger partial charge in [-0.25, -0.2) is 0 Å². The van der Waals surface area contributed by atoms with Crippen molar-refractivity contribution in [2.45, 2.75) is 24.8 Å². The van der Waals surface area contributed by atoms with E-state index in [1.54, 1.807) is 45.3 Å². The minimum atomic E-state index is -4.09. The Labute approximate surface area is 199 Å². The van der Waals surface area contributed by atoms with Crippen molar-refractivity contribution in [2.24, 2.45) is 5.92 Å². The summed E-state index contributed by atoms with van der Waals surface area (Å²) in [7, 11) is 0.648. The Morgan fingerprint density at radius 1 is 1.12 bits per heavy atom. The van der Waals surface area contributed by atoms with Gasteiger partial charge >= 0.3 is 10.1 Å². The van der Waals surface area contributed by atoms with E-state index in [2.05, 4.69) is 17.2 Å². The highest BCUT2D eigenvalue weighted by Crippen LogP contribution is 2.37. The van der Waals surface area contributed by atoms with Crippen molar-refractivity contribution in [3.05, 3.63) is 65.4 Å². The molecule has 176 valence electrons. The standard InChI is InChI=1S/C23H27N3O5S2/c1-13-7-8-14(2)19(11-13)33(28,29)31-17-10-9-16(12-18(17)30-6)21-20(22(27)26(4)5)15(3)24-23(32)25-21/h7-12,20-21H,3H2,1-2,4-6H3,(H2,24,25,32)/t20-,21-/m0/s1. The summed E-state index contributed by atoms with van der Waals surface area (Å²) in [6.45, 7) is 7.48. The van der Waals surface area contributed by atoms with Crippen LogP contribution in [0.15, 0.2) is 53.6 Å². The number of hydrogen-bond acceptors (Lipinski definition) is 6. The molecule has 2 atom stereocenters. The van der Waals surface area contributed by atoms with Gasteiger partial charge in [0.05, 0.1) is 13.2 Å². The first-order valence-electron chi connectivity index (χ1n) is 10.1. The van der Waals surface area contributed by atoms with Crippen LogP contribution in [0.25, 0.3) is 0 Å². The largest absolute Gasteiger partial charge is 0.493 e. The van der Waals surface area contributed by atoms with Gasteiger partial charge in [0.2, 0.25) is 5.91 Å². The molecule has 0 radical (unpaired) electrons. The quantitative estimate of drug-likeness (QED) is 0.472. The number of benzene rings is 2. The van der Waals surface area contributed by atoms with E-state index in [1.165, 1.54) is 18.1 Å². The van der Waals surface area contributed by atoms with E-state index < -0.39 is 22.1 Å². The summed E-state index contributed by atoms with van der Waals surface area (Å²) >= 11 is 5.26. The van der Waals surface area contributed by atoms with Crippen LogP contribution in [-0.4, -0.2) is 45.5 Å². The fourth-order valence-corrected chi connectivity index (χ4v) is 5.13. The number of nitrogens with zero attached hydrogens (tertiary/aromatic N) is 1. The van der Waals surface area contributed by atoms with E-state index in [0.29, 0.717) is 21.9 Å². The second-order valence-electron chi connectivity index (χ2n) is 8.03. The molecule has 1 fully saturated rings. The van der Waals surface area contributed by atoms with Crippen molar-refractivity contribution in [1.82, 2.24) is 15.5 Å². The zero-order valence-corrected chi connectivity index (χ0v) is 20.8. The fourth-order valence-electron chi connectivity index (χ4n) is 3.62. The molecule has 0 aliphatic carbocycles. The van der Waals surface area contributed by atoms with Crippen molar-refractivity contribution in [2.75, 3.05) is 21.2 Å². The molecule has 10 heteroatoms. The van der Waals surface area contributed by atoms with Crippen LogP contribution in [-0.2, 0) is 14.9 Å². The molecule has 33 heavy (non-hydrogen) atoms. The van der Waals surface area contributed by atoms with E-state index in [1.807, 2.05) is 13.0 Å². The molecule has 3 rings (SSSR count). The third kappa shape index (κ3) is 5.12. The van der Waals surface area contributed by atoms with Crippen LogP contribution >= 0.6 is 12.2 Å². The molecule has 2 aromatic rings. The van der Waals surface area contributed by atoms with Gasteiger partial charge in [-0.05, 0) is 61.0 Å². The summed E-state index contributed by atoms with van der Waals surface area (Å²) in [6.07, 6.45) is 0. The molecule has 0 unspecified atom stereocenters. The number of amides is 1. The Morgan fingerprint density at radius 3 is 2.45 bits per heavy atom. The molecular formula is C23H27N3O5S2. The van der Waals surface area contributed by atoms with E-state index in [-0.39, 0.29) is 22.3 Å². The SMILES string of the molecule is C=C1NC(=S)N[C@@H](c2ccc(OS(=O)(=O)c3cc(C)ccc3C)c(OC)c2)[C@H]1C(=O)N(C)C. The van der Waals surface area contributed by atoms with Crippen LogP contribution in [0, 0.1) is 19.8 Å². The highest BCUT2D eigenvalue weighted by atomic mass is 32.2. The van der Waals surface area contributed by atoms with Gasteiger partial charge in [-0.2, -0.15) is 8.42 Å². The number of aryl methyl sites for hydroxylation is 2. The molecule has 1 heterocycles. The molecule has 1 aliphatic heterocycles. The lowest BCUT2D eigenvalue weighted by molar-refractivity contribution is -0.132. The number of thiocarbonyl (C=S) groups is 1. The number of carbonyl (C=O) groups excluding carboxylic acids is 1. The smallest absolute Gasteiger partial charge is 0.339 e. The summed E-state index contributed by atoms with van der Waals surface area (Å²) in [5.74, 6) is -0.562. The Kier molecular flexibility index (Phi) is 6.99. The lowest BCUT2D eigenvalue weighted by atomic mass is 9.88. The number of hydrogen-bond donors (Lipinski definition) is 2. The van der Waals surface area contributed by atoms with Crippen LogP contribution in [0.1, 0.15) is 22.7 Å². The molecule has 0 aromatic heterocycles. The van der Waals surface area contributed by atoms with Gasteiger partial charge in [0.1, 0.15) is 10.8 Å². The number of methoxy groups -OCH3 is 1. The molecule has 0 bridgehead atoms. The molecule has 1 amide bonds. The average Bonchev–Trinajstić information content (AvgIpc) is 2.74. The Balaban J connectivity index is 1.99. The van der Waals surface area contributed by atoms with Gasteiger partial charge in [-0.1, -0.05) is 24.8 Å². The van der Waals surface area contributed by atoms with Gasteiger partial charge in [-0.15, -0.1) is 0 Å². The van der Waals surface area contributed by atoms with E-state index in [9.17, 15) is 13.2 Å². The molecule has 1 aliphatic rings. The number of ether oxygens (including phenoxy) is 1. The summed E-state index contributed by atoms with van der Waals surface area (Å²) in [4.78, 5) is 14.4. The third-order valence-electron chi connectivity index (χ3n) is 5.34. The molecule has 1 saturated heterocycles. The predicted molar refractivity (Wildman–Crippen MR) is 130 cm³/mol. The molecule has 2 aromatic carbocycles. The van der Waals surface area contributed by atoms with Crippen molar-refractivity contribution in [3.63, 3.8) is 0 Å². The highest BCUT2D eigenvalue weighted by Gasteiger charge is 2.38. The molecular weight excluding hydrogens is 462 g/mol. The van der Waals surface area contributed by atoms with Gasteiger partial charge < -0.3 is 24.5 Å².